The van der Waals surface area contributed by atoms with Crippen molar-refractivity contribution in [3.63, 3.8) is 0 Å². The van der Waals surface area contributed by atoms with Gasteiger partial charge in [0.25, 0.3) is 0 Å². The minimum absolute atomic E-state index is 0.0648. The van der Waals surface area contributed by atoms with Gasteiger partial charge in [-0.25, -0.2) is 0 Å². The molecule has 0 saturated heterocycles. The smallest absolute Gasteiger partial charge is 0.0653 e. The van der Waals surface area contributed by atoms with E-state index < -0.39 is 0 Å². The highest BCUT2D eigenvalue weighted by Gasteiger charge is 2.10. The maximum atomic E-state index is 5.77. The third kappa shape index (κ3) is 1.67. The second-order valence-corrected chi connectivity index (χ2v) is 3.56. The largest absolute Gasteiger partial charge is 0.323 e. The van der Waals surface area contributed by atoms with E-state index in [1.807, 2.05) is 18.7 Å². The van der Waals surface area contributed by atoms with Crippen molar-refractivity contribution in [2.45, 2.75) is 32.7 Å². The van der Waals surface area contributed by atoms with E-state index in [0.717, 1.165) is 11.4 Å². The van der Waals surface area contributed by atoms with Crippen LogP contribution in [0.3, 0.4) is 0 Å². The van der Waals surface area contributed by atoms with Crippen molar-refractivity contribution in [2.24, 2.45) is 12.8 Å². The lowest BCUT2D eigenvalue weighted by Crippen LogP contribution is -2.10. The Morgan fingerprint density at radius 1 is 1.42 bits per heavy atom. The summed E-state index contributed by atoms with van der Waals surface area (Å²) < 4.78 is 1.86. The molecule has 0 aromatic carbocycles. The molecule has 0 unspecified atom stereocenters. The molecule has 0 spiro atoms. The molecule has 2 N–H and O–H groups in total. The van der Waals surface area contributed by atoms with E-state index in [4.69, 9.17) is 5.73 Å². The summed E-state index contributed by atoms with van der Waals surface area (Å²) in [5, 5.41) is 4.37. The number of nitrogens with two attached hydrogens (primary N) is 1. The molecular formula is C9H17N3. The summed E-state index contributed by atoms with van der Waals surface area (Å²) in [6, 6.07) is 2.14. The van der Waals surface area contributed by atoms with Crippen LogP contribution in [0.5, 0.6) is 0 Å². The molecule has 0 amide bonds. The molecule has 12 heavy (non-hydrogen) atoms. The lowest BCUT2D eigenvalue weighted by molar-refractivity contribution is 0.642. The highest BCUT2D eigenvalue weighted by molar-refractivity contribution is 5.15. The van der Waals surface area contributed by atoms with Gasteiger partial charge >= 0.3 is 0 Å². The van der Waals surface area contributed by atoms with Crippen LogP contribution in [0.2, 0.25) is 0 Å². The normalized spacial score (nSPS) is 13.8. The van der Waals surface area contributed by atoms with Gasteiger partial charge in [-0.1, -0.05) is 13.8 Å². The summed E-state index contributed by atoms with van der Waals surface area (Å²) in [4.78, 5) is 0. The zero-order valence-electron chi connectivity index (χ0n) is 8.20. The van der Waals surface area contributed by atoms with Crippen LogP contribution < -0.4 is 5.73 Å². The van der Waals surface area contributed by atoms with E-state index in [2.05, 4.69) is 25.0 Å². The van der Waals surface area contributed by atoms with E-state index in [1.165, 1.54) is 0 Å². The average Bonchev–Trinajstić information content (AvgIpc) is 2.30. The first kappa shape index (κ1) is 9.26. The maximum absolute atomic E-state index is 5.77. The average molecular weight is 167 g/mol. The van der Waals surface area contributed by atoms with Crippen LogP contribution in [0.4, 0.5) is 0 Å². The molecule has 0 saturated carbocycles. The van der Waals surface area contributed by atoms with Crippen molar-refractivity contribution in [3.05, 3.63) is 17.5 Å². The minimum atomic E-state index is 0.0648. The number of nitrogens with zero attached hydrogens (tertiary/aromatic N) is 2. The molecule has 0 aliphatic carbocycles. The van der Waals surface area contributed by atoms with E-state index in [1.54, 1.807) is 0 Å². The SMILES string of the molecule is CC(C)c1cc([C@@H](C)N)n(C)n1. The zero-order chi connectivity index (χ0) is 9.30. The number of aromatic nitrogens is 2. The van der Waals surface area contributed by atoms with E-state index in [0.29, 0.717) is 5.92 Å². The molecular weight excluding hydrogens is 150 g/mol. The van der Waals surface area contributed by atoms with Gasteiger partial charge in [0.2, 0.25) is 0 Å². The number of hydrogen-bond acceptors (Lipinski definition) is 2. The highest BCUT2D eigenvalue weighted by Crippen LogP contribution is 2.16. The van der Waals surface area contributed by atoms with Gasteiger partial charge in [-0.15, -0.1) is 0 Å². The first-order valence-electron chi connectivity index (χ1n) is 4.31. The lowest BCUT2D eigenvalue weighted by Gasteiger charge is -2.03. The predicted molar refractivity (Wildman–Crippen MR) is 49.9 cm³/mol. The topological polar surface area (TPSA) is 43.8 Å². The molecule has 1 rings (SSSR count). The molecule has 68 valence electrons. The van der Waals surface area contributed by atoms with Gasteiger partial charge in [0.05, 0.1) is 11.4 Å². The van der Waals surface area contributed by atoms with Crippen molar-refractivity contribution in [2.75, 3.05) is 0 Å². The maximum Gasteiger partial charge on any atom is 0.0653 e. The second kappa shape index (κ2) is 3.27. The lowest BCUT2D eigenvalue weighted by atomic mass is 10.1. The molecule has 1 aromatic rings. The summed E-state index contributed by atoms with van der Waals surface area (Å²) in [6.07, 6.45) is 0. The van der Waals surface area contributed by atoms with E-state index in [-0.39, 0.29) is 6.04 Å². The van der Waals surface area contributed by atoms with Crippen LogP contribution in [0, 0.1) is 0 Å². The zero-order valence-corrected chi connectivity index (χ0v) is 8.20. The Morgan fingerprint density at radius 3 is 2.25 bits per heavy atom. The molecule has 0 aliphatic rings. The van der Waals surface area contributed by atoms with Gasteiger partial charge in [-0.2, -0.15) is 5.10 Å². The summed E-state index contributed by atoms with van der Waals surface area (Å²) in [5.74, 6) is 0.476. The fourth-order valence-electron chi connectivity index (χ4n) is 1.21. The fraction of sp³-hybridized carbons (Fsp3) is 0.667. The number of hydrogen-bond donors (Lipinski definition) is 1. The molecule has 0 fully saturated rings. The predicted octanol–water partition coefficient (Wildman–Crippen LogP) is 1.56. The third-order valence-corrected chi connectivity index (χ3v) is 1.99. The fourth-order valence-corrected chi connectivity index (χ4v) is 1.21. The third-order valence-electron chi connectivity index (χ3n) is 1.99. The molecule has 1 heterocycles. The van der Waals surface area contributed by atoms with Crippen LogP contribution in [0.25, 0.3) is 0 Å². The van der Waals surface area contributed by atoms with Gasteiger partial charge in [0.1, 0.15) is 0 Å². The Hall–Kier alpha value is -0.830. The molecule has 0 aliphatic heterocycles. The van der Waals surface area contributed by atoms with Crippen molar-refractivity contribution in [3.8, 4) is 0 Å². The Labute approximate surface area is 73.6 Å². The summed E-state index contributed by atoms with van der Waals surface area (Å²) in [6.45, 7) is 6.24. The van der Waals surface area contributed by atoms with Crippen molar-refractivity contribution >= 4 is 0 Å². The standard InChI is InChI=1S/C9H17N3/c1-6(2)8-5-9(7(3)10)12(4)11-8/h5-7H,10H2,1-4H3/t7-/m1/s1. The first-order valence-corrected chi connectivity index (χ1v) is 4.31. The quantitative estimate of drug-likeness (QED) is 0.726. The van der Waals surface area contributed by atoms with Gasteiger partial charge in [0, 0.05) is 13.1 Å². The van der Waals surface area contributed by atoms with Gasteiger partial charge in [-0.05, 0) is 18.9 Å². The second-order valence-electron chi connectivity index (χ2n) is 3.56. The molecule has 3 nitrogen and oxygen atoms in total. The summed E-state index contributed by atoms with van der Waals surface area (Å²) >= 11 is 0. The molecule has 0 bridgehead atoms. The summed E-state index contributed by atoms with van der Waals surface area (Å²) in [7, 11) is 1.94. The van der Waals surface area contributed by atoms with Crippen LogP contribution in [0.15, 0.2) is 6.07 Å². The molecule has 3 heteroatoms. The van der Waals surface area contributed by atoms with Gasteiger partial charge < -0.3 is 5.73 Å². The first-order chi connectivity index (χ1) is 5.52. The number of rotatable bonds is 2. The van der Waals surface area contributed by atoms with Crippen LogP contribution >= 0.6 is 0 Å². The highest BCUT2D eigenvalue weighted by atomic mass is 15.3. The minimum Gasteiger partial charge on any atom is -0.323 e. The molecule has 0 radical (unpaired) electrons. The van der Waals surface area contributed by atoms with Crippen LogP contribution in [-0.4, -0.2) is 9.78 Å². The van der Waals surface area contributed by atoms with Crippen molar-refractivity contribution in [1.29, 1.82) is 0 Å². The van der Waals surface area contributed by atoms with Gasteiger partial charge in [-0.3, -0.25) is 4.68 Å². The molecule has 1 aromatic heterocycles. The Bertz CT molecular complexity index is 261. The van der Waals surface area contributed by atoms with Crippen LogP contribution in [-0.2, 0) is 7.05 Å². The monoisotopic (exact) mass is 167 g/mol. The molecule has 1 atom stereocenters. The van der Waals surface area contributed by atoms with Crippen molar-refractivity contribution < 1.29 is 0 Å². The van der Waals surface area contributed by atoms with Crippen LogP contribution in [0.1, 0.15) is 44.1 Å². The van der Waals surface area contributed by atoms with E-state index in [9.17, 15) is 0 Å². The van der Waals surface area contributed by atoms with E-state index >= 15 is 0 Å². The number of aryl methyl sites for hydroxylation is 1. The Morgan fingerprint density at radius 2 is 2.00 bits per heavy atom. The Kier molecular flexibility index (Phi) is 2.52. The van der Waals surface area contributed by atoms with Crippen molar-refractivity contribution in [1.82, 2.24) is 9.78 Å². The summed E-state index contributed by atoms with van der Waals surface area (Å²) in [5.41, 5.74) is 7.98. The van der Waals surface area contributed by atoms with Gasteiger partial charge in [0.15, 0.2) is 0 Å². The Balaban J connectivity index is 3.00.